The predicted octanol–water partition coefficient (Wildman–Crippen LogP) is -0.723. The number of hydrogen-bond acceptors (Lipinski definition) is 6. The van der Waals surface area contributed by atoms with E-state index in [-0.39, 0.29) is 0 Å². The predicted molar refractivity (Wildman–Crippen MR) is 65.9 cm³/mol. The number of rotatable bonds is 9. The second kappa shape index (κ2) is 8.68. The van der Waals surface area contributed by atoms with E-state index in [9.17, 15) is 9.59 Å². The molecule has 6 nitrogen and oxygen atoms in total. The molecule has 2 atom stereocenters. The van der Waals surface area contributed by atoms with Crippen molar-refractivity contribution in [2.75, 3.05) is 23.0 Å². The van der Waals surface area contributed by atoms with Gasteiger partial charge >= 0.3 is 11.9 Å². The van der Waals surface area contributed by atoms with E-state index < -0.39 is 24.0 Å². The van der Waals surface area contributed by atoms with Crippen LogP contribution in [0.4, 0.5) is 0 Å². The maximum absolute atomic E-state index is 10.4. The monoisotopic (exact) mass is 268 g/mol. The zero-order chi connectivity index (χ0) is 12.6. The maximum atomic E-state index is 10.4. The number of aliphatic carboxylic acids is 2. The molecule has 0 spiro atoms. The fraction of sp³-hybridized carbons (Fsp3) is 0.750. The van der Waals surface area contributed by atoms with Crippen molar-refractivity contribution >= 4 is 35.5 Å². The Morgan fingerprint density at radius 1 is 0.938 bits per heavy atom. The molecule has 0 saturated carbocycles. The van der Waals surface area contributed by atoms with Gasteiger partial charge in [0.25, 0.3) is 0 Å². The van der Waals surface area contributed by atoms with Crippen molar-refractivity contribution in [2.24, 2.45) is 11.5 Å². The molecule has 0 radical (unpaired) electrons. The van der Waals surface area contributed by atoms with Gasteiger partial charge in [0.2, 0.25) is 0 Å². The Kier molecular flexibility index (Phi) is 8.44. The van der Waals surface area contributed by atoms with Crippen LogP contribution in [0.1, 0.15) is 0 Å². The molecule has 0 saturated heterocycles. The Balaban J connectivity index is 3.34. The first-order valence-corrected chi connectivity index (χ1v) is 6.88. The zero-order valence-electron chi connectivity index (χ0n) is 8.67. The summed E-state index contributed by atoms with van der Waals surface area (Å²) in [7, 11) is 0. The highest BCUT2D eigenvalue weighted by Crippen LogP contribution is 2.08. The van der Waals surface area contributed by atoms with E-state index in [1.54, 1.807) is 0 Å². The first-order valence-electron chi connectivity index (χ1n) is 4.57. The van der Waals surface area contributed by atoms with Crippen molar-refractivity contribution in [1.82, 2.24) is 0 Å². The van der Waals surface area contributed by atoms with Crippen LogP contribution in [0, 0.1) is 0 Å². The molecule has 94 valence electrons. The van der Waals surface area contributed by atoms with E-state index in [0.29, 0.717) is 11.5 Å². The Bertz CT molecular complexity index is 216. The molecule has 0 aliphatic rings. The van der Waals surface area contributed by atoms with E-state index in [4.69, 9.17) is 21.7 Å². The van der Waals surface area contributed by atoms with Crippen LogP contribution >= 0.6 is 23.5 Å². The molecule has 0 aromatic carbocycles. The summed E-state index contributed by atoms with van der Waals surface area (Å²) in [5, 5.41) is 17.0. The number of thioether (sulfide) groups is 2. The summed E-state index contributed by atoms with van der Waals surface area (Å²) in [6.07, 6.45) is 0. The number of nitrogens with two attached hydrogens (primary N) is 2. The van der Waals surface area contributed by atoms with Crippen molar-refractivity contribution in [3.63, 3.8) is 0 Å². The van der Waals surface area contributed by atoms with Crippen LogP contribution in [0.2, 0.25) is 0 Å². The lowest BCUT2D eigenvalue weighted by Gasteiger charge is -2.07. The van der Waals surface area contributed by atoms with Crippen LogP contribution in [-0.2, 0) is 9.59 Å². The Labute approximate surface area is 102 Å². The minimum absolute atomic E-state index is 0.362. The van der Waals surface area contributed by atoms with Crippen LogP contribution in [-0.4, -0.2) is 57.2 Å². The topological polar surface area (TPSA) is 127 Å². The van der Waals surface area contributed by atoms with Crippen LogP contribution in [0.3, 0.4) is 0 Å². The molecule has 0 bridgehead atoms. The highest BCUT2D eigenvalue weighted by molar-refractivity contribution is 8.03. The minimum atomic E-state index is -1.01. The molecule has 0 fully saturated rings. The molecular formula is C8H16N2O4S2. The summed E-state index contributed by atoms with van der Waals surface area (Å²) in [4.78, 5) is 20.7. The summed E-state index contributed by atoms with van der Waals surface area (Å²) in [5.41, 5.74) is 10.6. The Hall–Kier alpha value is -0.440. The molecule has 0 aliphatic carbocycles. The van der Waals surface area contributed by atoms with Gasteiger partial charge in [-0.25, -0.2) is 0 Å². The van der Waals surface area contributed by atoms with E-state index in [0.717, 1.165) is 11.5 Å². The molecule has 8 heteroatoms. The highest BCUT2D eigenvalue weighted by Gasteiger charge is 2.12. The third-order valence-corrected chi connectivity index (χ3v) is 4.03. The standard InChI is InChI=1S/C8H16N2O4S2/c9-5(7(11)12)3-15-1-2-16-4-6(10)8(13)14/h5-6H,1-4,9-10H2,(H,11,12)(H,13,14)/t5-,6-/m1/s1. The van der Waals surface area contributed by atoms with E-state index in [1.165, 1.54) is 23.5 Å². The van der Waals surface area contributed by atoms with Crippen molar-refractivity contribution in [1.29, 1.82) is 0 Å². The molecule has 0 aromatic rings. The zero-order valence-corrected chi connectivity index (χ0v) is 10.3. The average molecular weight is 268 g/mol. The molecule has 0 rings (SSSR count). The van der Waals surface area contributed by atoms with Gasteiger partial charge in [0.15, 0.2) is 0 Å². The first-order chi connectivity index (χ1) is 7.45. The van der Waals surface area contributed by atoms with Crippen LogP contribution < -0.4 is 11.5 Å². The number of carbonyl (C=O) groups is 2. The van der Waals surface area contributed by atoms with Crippen molar-refractivity contribution in [2.45, 2.75) is 12.1 Å². The van der Waals surface area contributed by atoms with Gasteiger partial charge in [-0.1, -0.05) is 0 Å². The fourth-order valence-corrected chi connectivity index (χ4v) is 2.75. The summed E-state index contributed by atoms with van der Waals surface area (Å²) in [6.45, 7) is 0. The van der Waals surface area contributed by atoms with Crippen LogP contribution in [0.5, 0.6) is 0 Å². The van der Waals surface area contributed by atoms with Crippen LogP contribution in [0.15, 0.2) is 0 Å². The number of hydrogen-bond donors (Lipinski definition) is 4. The van der Waals surface area contributed by atoms with Crippen molar-refractivity contribution in [3.8, 4) is 0 Å². The molecule has 0 amide bonds. The molecule has 0 unspecified atom stereocenters. The van der Waals surface area contributed by atoms with Crippen molar-refractivity contribution < 1.29 is 19.8 Å². The van der Waals surface area contributed by atoms with E-state index in [1.807, 2.05) is 0 Å². The van der Waals surface area contributed by atoms with Gasteiger partial charge in [-0.15, -0.1) is 0 Å². The molecule has 0 aromatic heterocycles. The summed E-state index contributed by atoms with van der Waals surface area (Å²) < 4.78 is 0. The summed E-state index contributed by atoms with van der Waals surface area (Å²) in [5.74, 6) is 0.179. The van der Waals surface area contributed by atoms with Crippen molar-refractivity contribution in [3.05, 3.63) is 0 Å². The summed E-state index contributed by atoms with van der Waals surface area (Å²) in [6, 6.07) is -1.67. The Morgan fingerprint density at radius 3 is 1.50 bits per heavy atom. The van der Waals surface area contributed by atoms with Gasteiger partial charge in [0.05, 0.1) is 0 Å². The SMILES string of the molecule is N[C@H](CSCCSC[C@@H](N)C(=O)O)C(=O)O. The molecule has 6 N–H and O–H groups in total. The van der Waals surface area contributed by atoms with Gasteiger partial charge in [-0.3, -0.25) is 9.59 Å². The third-order valence-electron chi connectivity index (χ3n) is 1.60. The normalized spacial score (nSPS) is 14.4. The average Bonchev–Trinajstić information content (AvgIpc) is 2.21. The highest BCUT2D eigenvalue weighted by atomic mass is 32.2. The minimum Gasteiger partial charge on any atom is -0.480 e. The second-order valence-corrected chi connectivity index (χ2v) is 5.34. The first kappa shape index (κ1) is 15.6. The molecule has 0 aliphatic heterocycles. The maximum Gasteiger partial charge on any atom is 0.321 e. The summed E-state index contributed by atoms with van der Waals surface area (Å²) >= 11 is 2.87. The third kappa shape index (κ3) is 7.80. The lowest BCUT2D eigenvalue weighted by atomic mass is 10.4. The molecular weight excluding hydrogens is 252 g/mol. The fourth-order valence-electron chi connectivity index (χ4n) is 0.681. The van der Waals surface area contributed by atoms with Gasteiger partial charge in [0, 0.05) is 23.0 Å². The molecule has 16 heavy (non-hydrogen) atoms. The van der Waals surface area contributed by atoms with Crippen LogP contribution in [0.25, 0.3) is 0 Å². The van der Waals surface area contributed by atoms with Gasteiger partial charge in [-0.2, -0.15) is 23.5 Å². The van der Waals surface area contributed by atoms with Gasteiger partial charge in [0.1, 0.15) is 12.1 Å². The lowest BCUT2D eigenvalue weighted by Crippen LogP contribution is -2.33. The smallest absolute Gasteiger partial charge is 0.321 e. The second-order valence-electron chi connectivity index (χ2n) is 3.04. The lowest BCUT2D eigenvalue weighted by molar-refractivity contribution is -0.138. The van der Waals surface area contributed by atoms with E-state index in [2.05, 4.69) is 0 Å². The quantitative estimate of drug-likeness (QED) is 0.403. The Morgan fingerprint density at radius 2 is 1.25 bits per heavy atom. The number of carboxylic acids is 2. The molecule has 0 heterocycles. The van der Waals surface area contributed by atoms with Gasteiger partial charge < -0.3 is 21.7 Å². The van der Waals surface area contributed by atoms with E-state index >= 15 is 0 Å². The largest absolute Gasteiger partial charge is 0.480 e. The van der Waals surface area contributed by atoms with Gasteiger partial charge in [-0.05, 0) is 0 Å². The number of carboxylic acid groups (broad SMARTS) is 2.